The average molecular weight is 402 g/mol. The molecule has 3 rings (SSSR count). The number of nitrogens with zero attached hydrogens (tertiary/aromatic N) is 3. The lowest BCUT2D eigenvalue weighted by Gasteiger charge is -2.28. The Bertz CT molecular complexity index is 868. The third-order valence-corrected chi connectivity index (χ3v) is 4.95. The first kappa shape index (κ1) is 20.7. The number of nitrogens with one attached hydrogen (secondary N) is 1. The molecular weight excluding hydrogens is 376 g/mol. The number of amides is 2. The minimum atomic E-state index is -0.478. The van der Waals surface area contributed by atoms with E-state index >= 15 is 0 Å². The van der Waals surface area contributed by atoms with Gasteiger partial charge in [-0.3, -0.25) is 9.59 Å². The maximum Gasteiger partial charge on any atom is 0.277 e. The Morgan fingerprint density at radius 1 is 1.24 bits per heavy atom. The van der Waals surface area contributed by atoms with E-state index in [-0.39, 0.29) is 17.6 Å². The SMILES string of the molecule is COc1cc(C(=O)N2CCCN(C)CC2C)cc(NC(=O)c2cocn2)c1OC. The van der Waals surface area contributed by atoms with Crippen LogP contribution in [-0.4, -0.2) is 73.5 Å². The zero-order valence-corrected chi connectivity index (χ0v) is 17.1. The van der Waals surface area contributed by atoms with Gasteiger partial charge in [-0.05, 0) is 39.1 Å². The van der Waals surface area contributed by atoms with Gasteiger partial charge in [-0.25, -0.2) is 4.98 Å². The largest absolute Gasteiger partial charge is 0.493 e. The summed E-state index contributed by atoms with van der Waals surface area (Å²) in [4.78, 5) is 33.6. The molecule has 0 radical (unpaired) electrons. The summed E-state index contributed by atoms with van der Waals surface area (Å²) in [6, 6.07) is 3.30. The number of rotatable bonds is 5. The first-order valence-corrected chi connectivity index (χ1v) is 9.39. The summed E-state index contributed by atoms with van der Waals surface area (Å²) >= 11 is 0. The first-order valence-electron chi connectivity index (χ1n) is 9.39. The minimum Gasteiger partial charge on any atom is -0.493 e. The predicted octanol–water partition coefficient (Wildman–Crippen LogP) is 2.11. The van der Waals surface area contributed by atoms with Gasteiger partial charge in [-0.1, -0.05) is 0 Å². The molecule has 2 aromatic rings. The second-order valence-corrected chi connectivity index (χ2v) is 7.05. The van der Waals surface area contributed by atoms with Gasteiger partial charge in [0.1, 0.15) is 6.26 Å². The van der Waals surface area contributed by atoms with Crippen LogP contribution in [0.3, 0.4) is 0 Å². The van der Waals surface area contributed by atoms with Crippen molar-refractivity contribution in [2.24, 2.45) is 0 Å². The molecule has 156 valence electrons. The number of aromatic nitrogens is 1. The van der Waals surface area contributed by atoms with E-state index in [1.165, 1.54) is 26.9 Å². The van der Waals surface area contributed by atoms with Crippen LogP contribution in [0.4, 0.5) is 5.69 Å². The number of carbonyl (C=O) groups excluding carboxylic acids is 2. The summed E-state index contributed by atoms with van der Waals surface area (Å²) in [6.07, 6.45) is 3.31. The second kappa shape index (κ2) is 8.95. The molecule has 0 saturated carbocycles. The van der Waals surface area contributed by atoms with E-state index in [2.05, 4.69) is 22.2 Å². The average Bonchev–Trinajstić information content (AvgIpc) is 3.19. The van der Waals surface area contributed by atoms with Gasteiger partial charge < -0.3 is 29.0 Å². The van der Waals surface area contributed by atoms with Crippen LogP contribution in [0.5, 0.6) is 11.5 Å². The van der Waals surface area contributed by atoms with Crippen LogP contribution in [-0.2, 0) is 0 Å². The van der Waals surface area contributed by atoms with E-state index in [1.807, 2.05) is 11.8 Å². The van der Waals surface area contributed by atoms with Crippen molar-refractivity contribution in [3.8, 4) is 11.5 Å². The number of carbonyl (C=O) groups is 2. The number of hydrogen-bond acceptors (Lipinski definition) is 7. The molecule has 29 heavy (non-hydrogen) atoms. The summed E-state index contributed by atoms with van der Waals surface area (Å²) in [7, 11) is 5.01. The summed E-state index contributed by atoms with van der Waals surface area (Å²) in [5, 5.41) is 2.72. The zero-order valence-electron chi connectivity index (χ0n) is 17.1. The molecule has 9 heteroatoms. The molecule has 1 N–H and O–H groups in total. The molecule has 1 atom stereocenters. The molecule has 2 heterocycles. The predicted molar refractivity (Wildman–Crippen MR) is 107 cm³/mol. The fourth-order valence-corrected chi connectivity index (χ4v) is 3.53. The Balaban J connectivity index is 1.94. The molecule has 1 unspecified atom stereocenters. The van der Waals surface area contributed by atoms with Crippen molar-refractivity contribution in [1.29, 1.82) is 0 Å². The lowest BCUT2D eigenvalue weighted by Crippen LogP contribution is -2.42. The number of likely N-dealkylation sites (N-methyl/N-ethyl adjacent to an activating group) is 1. The fourth-order valence-electron chi connectivity index (χ4n) is 3.53. The van der Waals surface area contributed by atoms with Crippen molar-refractivity contribution in [2.45, 2.75) is 19.4 Å². The third kappa shape index (κ3) is 4.51. The standard InChI is InChI=1S/C20H26N4O5/c1-13-10-23(2)6-5-7-24(13)20(26)14-8-15(18(28-4)17(9-14)27-3)22-19(25)16-11-29-12-21-16/h8-9,11-13H,5-7,10H2,1-4H3,(H,22,25). The smallest absolute Gasteiger partial charge is 0.277 e. The van der Waals surface area contributed by atoms with Gasteiger partial charge in [0.15, 0.2) is 23.6 Å². The molecule has 1 fully saturated rings. The summed E-state index contributed by atoms with van der Waals surface area (Å²) in [5.74, 6) is 0.0806. The van der Waals surface area contributed by atoms with Crippen molar-refractivity contribution in [1.82, 2.24) is 14.8 Å². The van der Waals surface area contributed by atoms with Crippen molar-refractivity contribution >= 4 is 17.5 Å². The molecular formula is C20H26N4O5. The second-order valence-electron chi connectivity index (χ2n) is 7.05. The van der Waals surface area contributed by atoms with Crippen LogP contribution >= 0.6 is 0 Å². The van der Waals surface area contributed by atoms with Gasteiger partial charge >= 0.3 is 0 Å². The van der Waals surface area contributed by atoms with E-state index in [1.54, 1.807) is 12.1 Å². The first-order chi connectivity index (χ1) is 13.9. The lowest BCUT2D eigenvalue weighted by molar-refractivity contribution is 0.0696. The Morgan fingerprint density at radius 2 is 2.03 bits per heavy atom. The minimum absolute atomic E-state index is 0.0660. The molecule has 9 nitrogen and oxygen atoms in total. The highest BCUT2D eigenvalue weighted by Gasteiger charge is 2.27. The van der Waals surface area contributed by atoms with Gasteiger partial charge in [-0.2, -0.15) is 0 Å². The van der Waals surface area contributed by atoms with Crippen molar-refractivity contribution in [2.75, 3.05) is 46.2 Å². The Kier molecular flexibility index (Phi) is 6.38. The van der Waals surface area contributed by atoms with Crippen molar-refractivity contribution in [3.05, 3.63) is 36.0 Å². The van der Waals surface area contributed by atoms with E-state index in [4.69, 9.17) is 13.9 Å². The molecule has 1 aromatic carbocycles. The molecule has 0 aliphatic carbocycles. The van der Waals surface area contributed by atoms with Crippen LogP contribution in [0.15, 0.2) is 29.2 Å². The highest BCUT2D eigenvalue weighted by molar-refractivity contribution is 6.05. The highest BCUT2D eigenvalue weighted by Crippen LogP contribution is 2.37. The van der Waals surface area contributed by atoms with Crippen LogP contribution in [0.1, 0.15) is 34.2 Å². The highest BCUT2D eigenvalue weighted by atomic mass is 16.5. The van der Waals surface area contributed by atoms with Gasteiger partial charge in [0.05, 0.1) is 19.9 Å². The molecule has 1 saturated heterocycles. The molecule has 2 amide bonds. The topological polar surface area (TPSA) is 97.1 Å². The number of anilines is 1. The normalized spacial score (nSPS) is 17.5. The Morgan fingerprint density at radius 3 is 2.69 bits per heavy atom. The number of hydrogen-bond donors (Lipinski definition) is 1. The number of oxazole rings is 1. The van der Waals surface area contributed by atoms with Gasteiger partial charge in [0.25, 0.3) is 11.8 Å². The van der Waals surface area contributed by atoms with Gasteiger partial charge in [0.2, 0.25) is 0 Å². The zero-order chi connectivity index (χ0) is 21.0. The monoisotopic (exact) mass is 402 g/mol. The summed E-state index contributed by atoms with van der Waals surface area (Å²) in [6.45, 7) is 4.45. The maximum atomic E-state index is 13.3. The Labute approximate surface area is 169 Å². The van der Waals surface area contributed by atoms with Crippen molar-refractivity contribution < 1.29 is 23.5 Å². The molecule has 1 aromatic heterocycles. The quantitative estimate of drug-likeness (QED) is 0.818. The van der Waals surface area contributed by atoms with E-state index in [9.17, 15) is 9.59 Å². The van der Waals surface area contributed by atoms with Crippen LogP contribution < -0.4 is 14.8 Å². The number of benzene rings is 1. The summed E-state index contributed by atoms with van der Waals surface area (Å²) in [5.41, 5.74) is 0.851. The summed E-state index contributed by atoms with van der Waals surface area (Å²) < 4.78 is 15.7. The molecule has 1 aliphatic rings. The van der Waals surface area contributed by atoms with Crippen LogP contribution in [0.25, 0.3) is 0 Å². The maximum absolute atomic E-state index is 13.3. The van der Waals surface area contributed by atoms with Gasteiger partial charge in [-0.15, -0.1) is 0 Å². The van der Waals surface area contributed by atoms with Crippen LogP contribution in [0, 0.1) is 0 Å². The molecule has 1 aliphatic heterocycles. The van der Waals surface area contributed by atoms with E-state index in [0.29, 0.717) is 29.3 Å². The van der Waals surface area contributed by atoms with Crippen LogP contribution in [0.2, 0.25) is 0 Å². The number of methoxy groups -OCH3 is 2. The molecule has 0 bridgehead atoms. The van der Waals surface area contributed by atoms with Gasteiger partial charge in [0, 0.05) is 24.7 Å². The fraction of sp³-hybridized carbons (Fsp3) is 0.450. The Hall–Kier alpha value is -3.07. The van der Waals surface area contributed by atoms with E-state index < -0.39 is 5.91 Å². The number of ether oxygens (including phenoxy) is 2. The van der Waals surface area contributed by atoms with E-state index in [0.717, 1.165) is 19.5 Å². The molecule has 0 spiro atoms. The lowest BCUT2D eigenvalue weighted by atomic mass is 10.1. The third-order valence-electron chi connectivity index (χ3n) is 4.95. The van der Waals surface area contributed by atoms with Crippen molar-refractivity contribution in [3.63, 3.8) is 0 Å².